The summed E-state index contributed by atoms with van der Waals surface area (Å²) in [4.78, 5) is 27.0. The van der Waals surface area contributed by atoms with Crippen molar-refractivity contribution in [3.8, 4) is 0 Å². The van der Waals surface area contributed by atoms with Crippen LogP contribution in [0.1, 0.15) is 16.8 Å². The van der Waals surface area contributed by atoms with E-state index in [2.05, 4.69) is 10.3 Å². The predicted molar refractivity (Wildman–Crippen MR) is 80.1 cm³/mol. The van der Waals surface area contributed by atoms with Gasteiger partial charge in [-0.3, -0.25) is 14.2 Å². The predicted octanol–water partition coefficient (Wildman–Crippen LogP) is 2.00. The molecule has 6 heteroatoms. The van der Waals surface area contributed by atoms with E-state index in [-0.39, 0.29) is 5.95 Å². The molecule has 0 bridgehead atoms. The first-order chi connectivity index (χ1) is 9.86. The molecule has 1 aromatic carbocycles. The van der Waals surface area contributed by atoms with Crippen molar-refractivity contribution in [1.29, 1.82) is 0 Å². The summed E-state index contributed by atoms with van der Waals surface area (Å²) in [6.07, 6.45) is 0. The molecule has 0 aliphatic heterocycles. The summed E-state index contributed by atoms with van der Waals surface area (Å²) in [5, 5.41) is 11.9. The Morgan fingerprint density at radius 3 is 2.57 bits per heavy atom. The molecule has 0 unspecified atom stereocenters. The first-order valence-corrected chi connectivity index (χ1v) is 6.51. The minimum atomic E-state index is -1.09. The van der Waals surface area contributed by atoms with E-state index >= 15 is 0 Å². The number of aromatic nitrogens is 2. The molecule has 0 saturated heterocycles. The van der Waals surface area contributed by atoms with Gasteiger partial charge in [0.25, 0.3) is 5.56 Å². The Labute approximate surface area is 122 Å². The summed E-state index contributed by atoms with van der Waals surface area (Å²) < 4.78 is 1.10. The molecule has 0 saturated carbocycles. The van der Waals surface area contributed by atoms with Crippen LogP contribution in [0.2, 0.25) is 0 Å². The average Bonchev–Trinajstić information content (AvgIpc) is 2.38. The van der Waals surface area contributed by atoms with Gasteiger partial charge in [-0.15, -0.1) is 0 Å². The van der Waals surface area contributed by atoms with Crippen LogP contribution in [0.25, 0.3) is 0 Å². The van der Waals surface area contributed by atoms with Crippen molar-refractivity contribution >= 4 is 17.6 Å². The number of anilines is 2. The normalized spacial score (nSPS) is 10.4. The van der Waals surface area contributed by atoms with Crippen LogP contribution in [0, 0.1) is 20.8 Å². The summed E-state index contributed by atoms with van der Waals surface area (Å²) in [5.74, 6) is -0.864. The van der Waals surface area contributed by atoms with Gasteiger partial charge in [-0.1, -0.05) is 6.07 Å². The van der Waals surface area contributed by atoms with E-state index in [0.29, 0.717) is 5.69 Å². The Balaban J connectivity index is 2.44. The molecule has 0 aliphatic carbocycles. The Kier molecular flexibility index (Phi) is 4.07. The molecular formula is C15H17N3O3. The number of hydrogen-bond acceptors (Lipinski definition) is 4. The van der Waals surface area contributed by atoms with Crippen LogP contribution in [-0.4, -0.2) is 20.6 Å². The number of aryl methyl sites for hydroxylation is 3. The number of carboxylic acid groups (broad SMARTS) is 1. The zero-order chi connectivity index (χ0) is 15.6. The van der Waals surface area contributed by atoms with E-state index in [1.807, 2.05) is 32.0 Å². The lowest BCUT2D eigenvalue weighted by Crippen LogP contribution is -2.27. The van der Waals surface area contributed by atoms with E-state index in [9.17, 15) is 9.59 Å². The van der Waals surface area contributed by atoms with Gasteiger partial charge in [0.2, 0.25) is 5.95 Å². The minimum absolute atomic E-state index is 0.227. The van der Waals surface area contributed by atoms with Crippen molar-refractivity contribution in [2.24, 2.45) is 0 Å². The molecule has 1 heterocycles. The summed E-state index contributed by atoms with van der Waals surface area (Å²) in [6, 6.07) is 7.05. The van der Waals surface area contributed by atoms with Crippen LogP contribution < -0.4 is 10.9 Å². The molecule has 1 aromatic heterocycles. The molecule has 21 heavy (non-hydrogen) atoms. The summed E-state index contributed by atoms with van der Waals surface area (Å²) in [6.45, 7) is 5.25. The molecule has 2 rings (SSSR count). The second-order valence-corrected chi connectivity index (χ2v) is 4.96. The fraction of sp³-hybridized carbons (Fsp3) is 0.267. The Morgan fingerprint density at radius 1 is 1.24 bits per heavy atom. The summed E-state index contributed by atoms with van der Waals surface area (Å²) in [5.41, 5.74) is 3.15. The van der Waals surface area contributed by atoms with E-state index in [4.69, 9.17) is 5.11 Å². The van der Waals surface area contributed by atoms with Crippen LogP contribution in [0.4, 0.5) is 11.6 Å². The quantitative estimate of drug-likeness (QED) is 0.898. The molecule has 0 atom stereocenters. The number of hydrogen-bond donors (Lipinski definition) is 2. The molecular weight excluding hydrogens is 270 g/mol. The highest BCUT2D eigenvalue weighted by Crippen LogP contribution is 2.18. The van der Waals surface area contributed by atoms with Gasteiger partial charge in [0, 0.05) is 17.4 Å². The third-order valence-corrected chi connectivity index (χ3v) is 3.19. The lowest BCUT2D eigenvalue weighted by molar-refractivity contribution is -0.137. The van der Waals surface area contributed by atoms with Crippen LogP contribution in [0.5, 0.6) is 0 Å². The summed E-state index contributed by atoms with van der Waals surface area (Å²) in [7, 11) is 0. The lowest BCUT2D eigenvalue weighted by Gasteiger charge is -2.13. The molecule has 2 N–H and O–H groups in total. The highest BCUT2D eigenvalue weighted by atomic mass is 16.4. The Hall–Kier alpha value is -2.63. The van der Waals surface area contributed by atoms with Crippen LogP contribution in [0.3, 0.4) is 0 Å². The number of nitrogens with zero attached hydrogens (tertiary/aromatic N) is 2. The largest absolute Gasteiger partial charge is 0.480 e. The van der Waals surface area contributed by atoms with Crippen LogP contribution >= 0.6 is 0 Å². The second kappa shape index (κ2) is 5.78. The fourth-order valence-electron chi connectivity index (χ4n) is 1.95. The van der Waals surface area contributed by atoms with E-state index in [0.717, 1.165) is 21.4 Å². The molecule has 6 nitrogen and oxygen atoms in total. The lowest BCUT2D eigenvalue weighted by atomic mass is 10.1. The molecule has 0 amide bonds. The second-order valence-electron chi connectivity index (χ2n) is 4.96. The van der Waals surface area contributed by atoms with Gasteiger partial charge in [0.15, 0.2) is 0 Å². The van der Waals surface area contributed by atoms with E-state index < -0.39 is 18.1 Å². The highest BCUT2D eigenvalue weighted by Gasteiger charge is 2.11. The Morgan fingerprint density at radius 2 is 1.95 bits per heavy atom. The summed E-state index contributed by atoms with van der Waals surface area (Å²) >= 11 is 0. The van der Waals surface area contributed by atoms with Gasteiger partial charge in [0.05, 0.1) is 0 Å². The molecule has 0 aliphatic rings. The number of carbonyl (C=O) groups is 1. The van der Waals surface area contributed by atoms with Gasteiger partial charge in [-0.05, 0) is 44.0 Å². The average molecular weight is 287 g/mol. The van der Waals surface area contributed by atoms with Crippen molar-refractivity contribution in [2.75, 3.05) is 5.32 Å². The number of aliphatic carboxylic acids is 1. The van der Waals surface area contributed by atoms with Gasteiger partial charge in [0.1, 0.15) is 6.54 Å². The number of rotatable bonds is 4. The molecule has 0 fully saturated rings. The van der Waals surface area contributed by atoms with Crippen molar-refractivity contribution in [3.63, 3.8) is 0 Å². The van der Waals surface area contributed by atoms with Crippen molar-refractivity contribution < 1.29 is 9.90 Å². The van der Waals surface area contributed by atoms with E-state index in [1.165, 1.54) is 6.07 Å². The van der Waals surface area contributed by atoms with Gasteiger partial charge in [-0.2, -0.15) is 0 Å². The number of carboxylic acids is 1. The van der Waals surface area contributed by atoms with E-state index in [1.54, 1.807) is 6.92 Å². The zero-order valence-electron chi connectivity index (χ0n) is 12.2. The molecule has 2 aromatic rings. The maximum atomic E-state index is 11.9. The third kappa shape index (κ3) is 3.47. The highest BCUT2D eigenvalue weighted by molar-refractivity contribution is 5.67. The van der Waals surface area contributed by atoms with Crippen molar-refractivity contribution in [1.82, 2.24) is 9.55 Å². The fourth-order valence-corrected chi connectivity index (χ4v) is 1.95. The Bertz CT molecular complexity index is 750. The topological polar surface area (TPSA) is 84.2 Å². The first-order valence-electron chi connectivity index (χ1n) is 6.51. The smallest absolute Gasteiger partial charge is 0.323 e. The van der Waals surface area contributed by atoms with Crippen molar-refractivity contribution in [2.45, 2.75) is 27.3 Å². The SMILES string of the molecule is Cc1cc(=O)n(CC(=O)O)c(Nc2ccc(C)c(C)c2)n1. The maximum Gasteiger partial charge on any atom is 0.323 e. The van der Waals surface area contributed by atoms with Crippen LogP contribution in [0.15, 0.2) is 29.1 Å². The van der Waals surface area contributed by atoms with Crippen molar-refractivity contribution in [3.05, 3.63) is 51.4 Å². The zero-order valence-corrected chi connectivity index (χ0v) is 12.2. The molecule has 110 valence electrons. The standard InChI is InChI=1S/C15H17N3O3/c1-9-4-5-12(6-10(9)2)17-15-16-11(3)7-13(19)18(15)8-14(20)21/h4-7H,8H2,1-3H3,(H,16,17)(H,20,21). The molecule has 0 radical (unpaired) electrons. The van der Waals surface area contributed by atoms with Gasteiger partial charge < -0.3 is 10.4 Å². The first kappa shape index (κ1) is 14.8. The monoisotopic (exact) mass is 287 g/mol. The van der Waals surface area contributed by atoms with Gasteiger partial charge in [-0.25, -0.2) is 4.98 Å². The number of benzene rings is 1. The van der Waals surface area contributed by atoms with Crippen LogP contribution in [-0.2, 0) is 11.3 Å². The third-order valence-electron chi connectivity index (χ3n) is 3.19. The minimum Gasteiger partial charge on any atom is -0.480 e. The van der Waals surface area contributed by atoms with Gasteiger partial charge >= 0.3 is 5.97 Å². The number of nitrogens with one attached hydrogen (secondary N) is 1. The maximum absolute atomic E-state index is 11.9. The molecule has 0 spiro atoms.